The van der Waals surface area contributed by atoms with Crippen molar-refractivity contribution in [2.24, 2.45) is 0 Å². The van der Waals surface area contributed by atoms with E-state index < -0.39 is 5.97 Å². The topological polar surface area (TPSA) is 75.6 Å². The monoisotopic (exact) mass is 279 g/mol. The van der Waals surface area contributed by atoms with Crippen LogP contribution in [0.25, 0.3) is 0 Å². The Morgan fingerprint density at radius 1 is 1.30 bits per heavy atom. The van der Waals surface area contributed by atoms with E-state index >= 15 is 0 Å². The van der Waals surface area contributed by atoms with Crippen molar-refractivity contribution >= 4 is 11.9 Å². The van der Waals surface area contributed by atoms with Gasteiger partial charge in [-0.2, -0.15) is 0 Å². The van der Waals surface area contributed by atoms with Crippen LogP contribution in [0.5, 0.6) is 5.75 Å². The molecule has 0 aliphatic heterocycles. The van der Waals surface area contributed by atoms with Gasteiger partial charge in [0.15, 0.2) is 0 Å². The van der Waals surface area contributed by atoms with Crippen molar-refractivity contribution < 1.29 is 19.4 Å². The number of aliphatic carboxylic acids is 1. The second-order valence-electron chi connectivity index (χ2n) is 4.89. The summed E-state index contributed by atoms with van der Waals surface area (Å²) in [6, 6.07) is 5.49. The second kappa shape index (κ2) is 7.53. The van der Waals surface area contributed by atoms with Gasteiger partial charge in [-0.1, -0.05) is 18.2 Å². The van der Waals surface area contributed by atoms with E-state index in [4.69, 9.17) is 9.84 Å². The number of benzene rings is 1. The summed E-state index contributed by atoms with van der Waals surface area (Å²) in [4.78, 5) is 22.1. The van der Waals surface area contributed by atoms with Gasteiger partial charge in [0.2, 0.25) is 5.91 Å². The Kier molecular flexibility index (Phi) is 6.03. The molecule has 0 fully saturated rings. The number of amides is 1. The van der Waals surface area contributed by atoms with Crippen LogP contribution in [-0.2, 0) is 9.59 Å². The maximum atomic E-state index is 11.6. The first-order valence-electron chi connectivity index (χ1n) is 6.60. The van der Waals surface area contributed by atoms with Crippen LogP contribution >= 0.6 is 0 Å². The number of hydrogen-bond donors (Lipinski definition) is 2. The lowest BCUT2D eigenvalue weighted by Crippen LogP contribution is -2.34. The number of para-hydroxylation sites is 1. The average Bonchev–Trinajstić information content (AvgIpc) is 2.31. The molecular formula is C15H21NO4. The van der Waals surface area contributed by atoms with E-state index in [1.807, 2.05) is 32.0 Å². The Labute approximate surface area is 118 Å². The van der Waals surface area contributed by atoms with Crippen LogP contribution in [0.3, 0.4) is 0 Å². The second-order valence-corrected chi connectivity index (χ2v) is 4.89. The van der Waals surface area contributed by atoms with Crippen molar-refractivity contribution in [3.05, 3.63) is 29.3 Å². The number of carbonyl (C=O) groups is 2. The molecule has 5 heteroatoms. The quantitative estimate of drug-likeness (QED) is 0.801. The van der Waals surface area contributed by atoms with Crippen molar-refractivity contribution in [2.75, 3.05) is 6.61 Å². The third kappa shape index (κ3) is 5.30. The fraction of sp³-hybridized carbons (Fsp3) is 0.467. The molecule has 1 aromatic rings. The Morgan fingerprint density at radius 2 is 1.90 bits per heavy atom. The fourth-order valence-electron chi connectivity index (χ4n) is 1.93. The van der Waals surface area contributed by atoms with Crippen LogP contribution < -0.4 is 10.1 Å². The molecule has 1 aromatic carbocycles. The molecule has 110 valence electrons. The van der Waals surface area contributed by atoms with Crippen LogP contribution in [0.1, 0.15) is 30.9 Å². The molecule has 20 heavy (non-hydrogen) atoms. The zero-order valence-electron chi connectivity index (χ0n) is 12.1. The summed E-state index contributed by atoms with van der Waals surface area (Å²) in [5.41, 5.74) is 2.06. The fourth-order valence-corrected chi connectivity index (χ4v) is 1.93. The van der Waals surface area contributed by atoms with E-state index in [1.54, 1.807) is 6.92 Å². The molecule has 0 heterocycles. The molecule has 0 aliphatic rings. The van der Waals surface area contributed by atoms with Gasteiger partial charge in [-0.3, -0.25) is 9.59 Å². The number of aryl methyl sites for hydroxylation is 2. The zero-order valence-corrected chi connectivity index (χ0v) is 12.1. The molecule has 0 aliphatic carbocycles. The number of carboxylic acid groups (broad SMARTS) is 1. The van der Waals surface area contributed by atoms with E-state index in [0.29, 0.717) is 0 Å². The summed E-state index contributed by atoms with van der Waals surface area (Å²) in [6.07, 6.45) is 0.126. The lowest BCUT2D eigenvalue weighted by atomic mass is 10.1. The molecule has 0 radical (unpaired) electrons. The number of hydrogen-bond acceptors (Lipinski definition) is 3. The Morgan fingerprint density at radius 3 is 2.45 bits per heavy atom. The Bertz CT molecular complexity index is 465. The van der Waals surface area contributed by atoms with Gasteiger partial charge in [0.05, 0.1) is 19.4 Å². The highest BCUT2D eigenvalue weighted by molar-refractivity contribution is 5.77. The highest BCUT2D eigenvalue weighted by Gasteiger charge is 2.11. The zero-order chi connectivity index (χ0) is 15.1. The lowest BCUT2D eigenvalue weighted by molar-refractivity contribution is -0.137. The molecule has 1 unspecified atom stereocenters. The van der Waals surface area contributed by atoms with Gasteiger partial charge in [-0.05, 0) is 31.9 Å². The first-order valence-corrected chi connectivity index (χ1v) is 6.60. The predicted molar refractivity (Wildman–Crippen MR) is 75.9 cm³/mol. The molecule has 0 aromatic heterocycles. The summed E-state index contributed by atoms with van der Waals surface area (Å²) < 4.78 is 5.62. The normalized spacial score (nSPS) is 11.8. The minimum Gasteiger partial charge on any atom is -0.493 e. The summed E-state index contributed by atoms with van der Waals surface area (Å²) in [5.74, 6) is -0.326. The lowest BCUT2D eigenvalue weighted by Gasteiger charge is -2.13. The number of carboxylic acids is 1. The van der Waals surface area contributed by atoms with Crippen LogP contribution in [0.4, 0.5) is 0 Å². The third-order valence-corrected chi connectivity index (χ3v) is 2.87. The van der Waals surface area contributed by atoms with Crippen LogP contribution in [0, 0.1) is 13.8 Å². The smallest absolute Gasteiger partial charge is 0.305 e. The van der Waals surface area contributed by atoms with Gasteiger partial charge in [-0.25, -0.2) is 0 Å². The number of carbonyl (C=O) groups excluding carboxylic acids is 1. The van der Waals surface area contributed by atoms with E-state index in [-0.39, 0.29) is 31.4 Å². The summed E-state index contributed by atoms with van der Waals surface area (Å²) in [5, 5.41) is 11.2. The van der Waals surface area contributed by atoms with Crippen LogP contribution in [0.15, 0.2) is 18.2 Å². The standard InChI is InChI=1S/C15H21NO4/c1-10-5-4-6-11(2)15(10)20-8-7-13(17)16-12(3)9-14(18)19/h4-6,12H,7-9H2,1-3H3,(H,16,17)(H,18,19). The van der Waals surface area contributed by atoms with Crippen LogP contribution in [0.2, 0.25) is 0 Å². The van der Waals surface area contributed by atoms with Gasteiger partial charge >= 0.3 is 5.97 Å². The molecule has 2 N–H and O–H groups in total. The van der Waals surface area contributed by atoms with Crippen molar-refractivity contribution in [3.63, 3.8) is 0 Å². The SMILES string of the molecule is Cc1cccc(C)c1OCCC(=O)NC(C)CC(=O)O. The van der Waals surface area contributed by atoms with Crippen LogP contribution in [-0.4, -0.2) is 29.6 Å². The first kappa shape index (κ1) is 16.0. The maximum Gasteiger partial charge on any atom is 0.305 e. The van der Waals surface area contributed by atoms with E-state index in [1.165, 1.54) is 0 Å². The summed E-state index contributed by atoms with van der Waals surface area (Å²) >= 11 is 0. The Balaban J connectivity index is 2.37. The molecule has 1 amide bonds. The predicted octanol–water partition coefficient (Wildman–Crippen LogP) is 2.05. The molecular weight excluding hydrogens is 258 g/mol. The number of ether oxygens (including phenoxy) is 1. The highest BCUT2D eigenvalue weighted by atomic mass is 16.5. The molecule has 5 nitrogen and oxygen atoms in total. The van der Waals surface area contributed by atoms with Crippen molar-refractivity contribution in [2.45, 2.75) is 39.7 Å². The minimum atomic E-state index is -0.926. The van der Waals surface area contributed by atoms with Gasteiger partial charge in [-0.15, -0.1) is 0 Å². The molecule has 1 rings (SSSR count). The maximum absolute atomic E-state index is 11.6. The van der Waals surface area contributed by atoms with Crippen molar-refractivity contribution in [3.8, 4) is 5.75 Å². The minimum absolute atomic E-state index is 0.0799. The van der Waals surface area contributed by atoms with E-state index in [0.717, 1.165) is 16.9 Å². The average molecular weight is 279 g/mol. The van der Waals surface area contributed by atoms with Gasteiger partial charge in [0.1, 0.15) is 5.75 Å². The number of rotatable bonds is 7. The summed E-state index contributed by atoms with van der Waals surface area (Å²) in [7, 11) is 0. The third-order valence-electron chi connectivity index (χ3n) is 2.87. The van der Waals surface area contributed by atoms with Crippen molar-refractivity contribution in [1.82, 2.24) is 5.32 Å². The molecule has 0 bridgehead atoms. The van der Waals surface area contributed by atoms with Gasteiger partial charge in [0, 0.05) is 6.04 Å². The Hall–Kier alpha value is -2.04. The largest absolute Gasteiger partial charge is 0.493 e. The van der Waals surface area contributed by atoms with Crippen molar-refractivity contribution in [1.29, 1.82) is 0 Å². The highest BCUT2D eigenvalue weighted by Crippen LogP contribution is 2.22. The first-order chi connectivity index (χ1) is 9.40. The molecule has 1 atom stereocenters. The van der Waals surface area contributed by atoms with Gasteiger partial charge in [0.25, 0.3) is 0 Å². The number of nitrogens with one attached hydrogen (secondary N) is 1. The van der Waals surface area contributed by atoms with E-state index in [2.05, 4.69) is 5.32 Å². The van der Waals surface area contributed by atoms with E-state index in [9.17, 15) is 9.59 Å². The van der Waals surface area contributed by atoms with Gasteiger partial charge < -0.3 is 15.2 Å². The molecule has 0 saturated carbocycles. The summed E-state index contributed by atoms with van der Waals surface area (Å²) in [6.45, 7) is 5.85. The molecule has 0 spiro atoms. The molecule has 0 saturated heterocycles.